The summed E-state index contributed by atoms with van der Waals surface area (Å²) in [6.45, 7) is 5.54. The Kier molecular flexibility index (Phi) is 6.81. The van der Waals surface area contributed by atoms with Crippen molar-refractivity contribution in [3.63, 3.8) is 0 Å². The number of aryl methyl sites for hydroxylation is 1. The maximum absolute atomic E-state index is 14.4. The van der Waals surface area contributed by atoms with Crippen LogP contribution in [-0.4, -0.2) is 70.3 Å². The Morgan fingerprint density at radius 1 is 1.12 bits per heavy atom. The Bertz CT molecular complexity index is 1470. The molecule has 0 bridgehead atoms. The van der Waals surface area contributed by atoms with E-state index in [0.29, 0.717) is 49.2 Å². The fourth-order valence-corrected chi connectivity index (χ4v) is 7.51. The summed E-state index contributed by atoms with van der Waals surface area (Å²) in [7, 11) is 0. The highest BCUT2D eigenvalue weighted by molar-refractivity contribution is 6.07. The van der Waals surface area contributed by atoms with Gasteiger partial charge in [-0.3, -0.25) is 19.3 Å². The van der Waals surface area contributed by atoms with Gasteiger partial charge in [0.1, 0.15) is 17.9 Å². The number of nitriles is 1. The molecule has 220 valence electrons. The van der Waals surface area contributed by atoms with Crippen LogP contribution < -0.4 is 10.2 Å². The summed E-state index contributed by atoms with van der Waals surface area (Å²) < 4.78 is 7.54. The predicted octanol–water partition coefficient (Wildman–Crippen LogP) is 3.58. The number of nitrogens with zero attached hydrogens (tertiary/aromatic N) is 5. The predicted molar refractivity (Wildman–Crippen MR) is 154 cm³/mol. The minimum absolute atomic E-state index is 0.00214. The summed E-state index contributed by atoms with van der Waals surface area (Å²) in [5.41, 5.74) is 2.69. The van der Waals surface area contributed by atoms with E-state index in [-0.39, 0.29) is 41.6 Å². The van der Waals surface area contributed by atoms with Gasteiger partial charge in [0.05, 0.1) is 12.1 Å². The van der Waals surface area contributed by atoms with Crippen LogP contribution in [-0.2, 0) is 16.0 Å². The highest BCUT2D eigenvalue weighted by Crippen LogP contribution is 2.53. The molecule has 5 aliphatic rings. The molecule has 4 fully saturated rings. The van der Waals surface area contributed by atoms with Crippen molar-refractivity contribution in [2.75, 3.05) is 24.7 Å². The molecule has 3 aliphatic heterocycles. The van der Waals surface area contributed by atoms with E-state index in [1.165, 1.54) is 0 Å². The van der Waals surface area contributed by atoms with E-state index in [1.54, 1.807) is 15.9 Å². The van der Waals surface area contributed by atoms with E-state index in [0.717, 1.165) is 49.7 Å². The van der Waals surface area contributed by atoms with Crippen molar-refractivity contribution in [3.8, 4) is 6.07 Å². The van der Waals surface area contributed by atoms with E-state index in [4.69, 9.17) is 9.84 Å². The summed E-state index contributed by atoms with van der Waals surface area (Å²) in [5.74, 6) is 0.205. The van der Waals surface area contributed by atoms with Crippen molar-refractivity contribution >= 4 is 23.5 Å². The van der Waals surface area contributed by atoms with Gasteiger partial charge in [0.2, 0.25) is 0 Å². The topological polar surface area (TPSA) is 121 Å². The van der Waals surface area contributed by atoms with Gasteiger partial charge >= 0.3 is 0 Å². The second-order valence-electron chi connectivity index (χ2n) is 12.5. The number of nitrogens with one attached hydrogen (secondary N) is 1. The second kappa shape index (κ2) is 10.5. The molecular weight excluding hydrogens is 532 g/mol. The Labute approximate surface area is 246 Å². The number of fused-ring (bicyclic) bond motifs is 2. The van der Waals surface area contributed by atoms with Gasteiger partial charge in [-0.25, -0.2) is 4.68 Å². The molecule has 10 nitrogen and oxygen atoms in total. The first-order valence-electron chi connectivity index (χ1n) is 15.6. The normalized spacial score (nSPS) is 28.7. The first kappa shape index (κ1) is 27.1. The Morgan fingerprint density at radius 3 is 2.60 bits per heavy atom. The van der Waals surface area contributed by atoms with E-state index >= 15 is 0 Å². The lowest BCUT2D eigenvalue weighted by Gasteiger charge is -2.39. The maximum atomic E-state index is 14.4. The average Bonchev–Trinajstić information content (AvgIpc) is 3.94. The minimum Gasteiger partial charge on any atom is -0.381 e. The molecule has 3 amide bonds. The Hall–Kier alpha value is -3.71. The van der Waals surface area contributed by atoms with Crippen LogP contribution in [0.4, 0.5) is 5.82 Å². The van der Waals surface area contributed by atoms with Crippen molar-refractivity contribution in [1.29, 1.82) is 5.26 Å². The number of aromatic nitrogens is 2. The fraction of sp³-hybridized carbons (Fsp3) is 0.594. The fourth-order valence-electron chi connectivity index (χ4n) is 7.51. The monoisotopic (exact) mass is 570 g/mol. The number of likely N-dealkylation sites (tertiary alicyclic amines) is 1. The highest BCUT2D eigenvalue weighted by Gasteiger charge is 2.57. The summed E-state index contributed by atoms with van der Waals surface area (Å²) in [4.78, 5) is 45.7. The van der Waals surface area contributed by atoms with E-state index in [1.807, 2.05) is 36.7 Å². The average molecular weight is 571 g/mol. The molecule has 0 spiro atoms. The van der Waals surface area contributed by atoms with Crippen molar-refractivity contribution in [2.45, 2.75) is 88.9 Å². The van der Waals surface area contributed by atoms with E-state index in [9.17, 15) is 19.6 Å². The number of benzene rings is 1. The van der Waals surface area contributed by atoms with Crippen molar-refractivity contribution in [1.82, 2.24) is 20.0 Å². The third kappa shape index (κ3) is 4.41. The van der Waals surface area contributed by atoms with Gasteiger partial charge in [-0.15, -0.1) is 0 Å². The zero-order valence-electron chi connectivity index (χ0n) is 24.3. The van der Waals surface area contributed by atoms with Gasteiger partial charge in [-0.05, 0) is 81.4 Å². The quantitative estimate of drug-likeness (QED) is 0.543. The van der Waals surface area contributed by atoms with Crippen molar-refractivity contribution in [3.05, 3.63) is 46.6 Å². The lowest BCUT2D eigenvalue weighted by atomic mass is 9.82. The van der Waals surface area contributed by atoms with Crippen LogP contribution in [0.3, 0.4) is 0 Å². The van der Waals surface area contributed by atoms with Crippen LogP contribution in [0.2, 0.25) is 0 Å². The van der Waals surface area contributed by atoms with Crippen molar-refractivity contribution in [2.24, 2.45) is 11.8 Å². The third-order valence-corrected chi connectivity index (χ3v) is 9.96. The summed E-state index contributed by atoms with van der Waals surface area (Å²) in [5, 5.41) is 18.0. The van der Waals surface area contributed by atoms with Crippen LogP contribution in [0.15, 0.2) is 24.3 Å². The van der Waals surface area contributed by atoms with Gasteiger partial charge in [-0.1, -0.05) is 19.1 Å². The largest absolute Gasteiger partial charge is 0.381 e. The van der Waals surface area contributed by atoms with E-state index < -0.39 is 12.1 Å². The summed E-state index contributed by atoms with van der Waals surface area (Å²) in [6.07, 6.45) is 5.76. The zero-order valence-corrected chi connectivity index (χ0v) is 24.3. The molecule has 1 aromatic heterocycles. The maximum Gasteiger partial charge on any atom is 0.276 e. The zero-order chi connectivity index (χ0) is 29.1. The number of ether oxygens (including phenoxy) is 1. The Morgan fingerprint density at radius 2 is 1.90 bits per heavy atom. The van der Waals surface area contributed by atoms with Crippen LogP contribution in [0.1, 0.15) is 96.3 Å². The number of anilines is 1. The third-order valence-electron chi connectivity index (χ3n) is 9.96. The standard InChI is InChI=1S/C32H38N6O4/c1-3-18-6-5-7-20(14-18)29(39)34-27-25(19-8-9-19)26-28(32(41)37-23(17-33)15-21-16-24(21)37)35-38(22-10-12-42-13-11-22)30(26)36(4-2)31(27)40/h5-7,14,19,21-25,27H,3-4,8-13,15-16H2,1-2H3,(H,34,39). The number of rotatable bonds is 7. The minimum atomic E-state index is -0.805. The number of hydrogen-bond acceptors (Lipinski definition) is 6. The highest BCUT2D eigenvalue weighted by atomic mass is 16.5. The molecule has 7 rings (SSSR count). The van der Waals surface area contributed by atoms with Crippen LogP contribution in [0, 0.1) is 23.2 Å². The number of hydrogen-bond donors (Lipinski definition) is 1. The van der Waals surface area contributed by atoms with Crippen LogP contribution in [0.25, 0.3) is 0 Å². The number of carbonyl (C=O) groups is 3. The van der Waals surface area contributed by atoms with Gasteiger partial charge in [0.25, 0.3) is 17.7 Å². The summed E-state index contributed by atoms with van der Waals surface area (Å²) in [6, 6.07) is 8.66. The van der Waals surface area contributed by atoms with Crippen LogP contribution in [0.5, 0.6) is 0 Å². The molecule has 2 aromatic rings. The lowest BCUT2D eigenvalue weighted by Crippen LogP contribution is -2.56. The van der Waals surface area contributed by atoms with Crippen molar-refractivity contribution < 1.29 is 19.1 Å². The van der Waals surface area contributed by atoms with Gasteiger partial charge in [-0.2, -0.15) is 10.4 Å². The molecule has 5 atom stereocenters. The molecule has 0 radical (unpaired) electrons. The second-order valence-corrected chi connectivity index (χ2v) is 12.5. The molecule has 1 N–H and O–H groups in total. The number of likely N-dealkylation sites (N-methyl/N-ethyl adjacent to an activating group) is 1. The number of piperidine rings is 1. The van der Waals surface area contributed by atoms with E-state index in [2.05, 4.69) is 11.4 Å². The first-order valence-corrected chi connectivity index (χ1v) is 15.6. The van der Waals surface area contributed by atoms with Crippen LogP contribution >= 0.6 is 0 Å². The smallest absolute Gasteiger partial charge is 0.276 e. The van der Waals surface area contributed by atoms with Gasteiger partial charge in [0, 0.05) is 42.8 Å². The molecule has 2 aliphatic carbocycles. The molecule has 5 unspecified atom stereocenters. The molecule has 4 heterocycles. The molecule has 10 heteroatoms. The summed E-state index contributed by atoms with van der Waals surface area (Å²) >= 11 is 0. The SMILES string of the molecule is CCc1cccc(C(=O)NC2C(=O)N(CC)c3c(c(C(=O)N4C(C#N)CC5CC54)nn3C3CCOCC3)C2C2CC2)c1. The first-order chi connectivity index (χ1) is 20.4. The molecule has 1 aromatic carbocycles. The van der Waals surface area contributed by atoms with Gasteiger partial charge < -0.3 is 15.0 Å². The molecule has 2 saturated carbocycles. The Balaban J connectivity index is 1.34. The molecule has 42 heavy (non-hydrogen) atoms. The number of amides is 3. The molecule has 2 saturated heterocycles. The molecular formula is C32H38N6O4. The lowest BCUT2D eigenvalue weighted by molar-refractivity contribution is -0.121. The van der Waals surface area contributed by atoms with Gasteiger partial charge in [0.15, 0.2) is 5.69 Å². The number of carbonyl (C=O) groups excluding carboxylic acids is 3.